The summed E-state index contributed by atoms with van der Waals surface area (Å²) < 4.78 is 37.9. The number of hydrogen-bond donors (Lipinski definition) is 0. The lowest BCUT2D eigenvalue weighted by Crippen LogP contribution is -2.36. The third kappa shape index (κ3) is 3.97. The lowest BCUT2D eigenvalue weighted by Gasteiger charge is -2.13. The summed E-state index contributed by atoms with van der Waals surface area (Å²) >= 11 is 0. The standard InChI is InChI=1S/C16H17F2O2Si/c1-3-19-21(20-4-2)14-8-5-12(6-9-14)15-10-7-13(17)11-16(15)18/h5-11H,3-4H2,1-2H3. The molecule has 21 heavy (non-hydrogen) atoms. The molecule has 0 heterocycles. The average Bonchev–Trinajstić information content (AvgIpc) is 2.47. The monoisotopic (exact) mass is 307 g/mol. The smallest absolute Gasteiger partial charge is 0.390 e. The van der Waals surface area contributed by atoms with Gasteiger partial charge in [-0.05, 0) is 36.7 Å². The zero-order chi connectivity index (χ0) is 15.2. The van der Waals surface area contributed by atoms with E-state index in [1.165, 1.54) is 12.1 Å². The second-order valence-corrected chi connectivity index (χ2v) is 6.08. The van der Waals surface area contributed by atoms with Crippen molar-refractivity contribution in [2.45, 2.75) is 13.8 Å². The maximum atomic E-state index is 13.8. The zero-order valence-electron chi connectivity index (χ0n) is 12.0. The highest BCUT2D eigenvalue weighted by Gasteiger charge is 2.18. The van der Waals surface area contributed by atoms with Gasteiger partial charge in [0, 0.05) is 24.8 Å². The molecule has 0 aliphatic rings. The first-order valence-corrected chi connectivity index (χ1v) is 8.15. The Morgan fingerprint density at radius 2 is 1.52 bits per heavy atom. The van der Waals surface area contributed by atoms with Crippen molar-refractivity contribution in [1.82, 2.24) is 0 Å². The molecular weight excluding hydrogens is 290 g/mol. The van der Waals surface area contributed by atoms with E-state index in [4.69, 9.17) is 8.85 Å². The maximum absolute atomic E-state index is 13.8. The number of benzene rings is 2. The Balaban J connectivity index is 2.25. The van der Waals surface area contributed by atoms with Gasteiger partial charge in [-0.3, -0.25) is 0 Å². The fraction of sp³-hybridized carbons (Fsp3) is 0.250. The molecule has 0 aromatic heterocycles. The van der Waals surface area contributed by atoms with Gasteiger partial charge in [0.05, 0.1) is 0 Å². The Morgan fingerprint density at radius 3 is 2.05 bits per heavy atom. The number of halogens is 2. The zero-order valence-corrected chi connectivity index (χ0v) is 13.0. The summed E-state index contributed by atoms with van der Waals surface area (Å²) in [5, 5.41) is 0.968. The van der Waals surface area contributed by atoms with Crippen LogP contribution in [0.3, 0.4) is 0 Å². The van der Waals surface area contributed by atoms with Crippen LogP contribution >= 0.6 is 0 Å². The molecule has 0 bridgehead atoms. The van der Waals surface area contributed by atoms with Crippen LogP contribution in [0.5, 0.6) is 0 Å². The Labute approximate surface area is 125 Å². The molecule has 111 valence electrons. The number of hydrogen-bond acceptors (Lipinski definition) is 2. The lowest BCUT2D eigenvalue weighted by atomic mass is 10.1. The van der Waals surface area contributed by atoms with Crippen molar-refractivity contribution >= 4 is 14.5 Å². The Bertz CT molecular complexity index is 581. The van der Waals surface area contributed by atoms with Crippen molar-refractivity contribution in [2.24, 2.45) is 0 Å². The molecule has 0 atom stereocenters. The Hall–Kier alpha value is -1.56. The summed E-state index contributed by atoms with van der Waals surface area (Å²) in [7, 11) is -1.49. The summed E-state index contributed by atoms with van der Waals surface area (Å²) in [5.74, 6) is -1.14. The molecule has 2 rings (SSSR count). The van der Waals surface area contributed by atoms with E-state index in [0.717, 1.165) is 11.3 Å². The minimum atomic E-state index is -1.49. The topological polar surface area (TPSA) is 18.5 Å². The van der Waals surface area contributed by atoms with E-state index in [0.29, 0.717) is 24.3 Å². The number of rotatable bonds is 6. The molecule has 0 aliphatic heterocycles. The van der Waals surface area contributed by atoms with Crippen LogP contribution in [0, 0.1) is 11.6 Å². The van der Waals surface area contributed by atoms with Crippen molar-refractivity contribution in [3.63, 3.8) is 0 Å². The van der Waals surface area contributed by atoms with Crippen molar-refractivity contribution < 1.29 is 17.6 Å². The Morgan fingerprint density at radius 1 is 0.905 bits per heavy atom. The molecule has 0 N–H and O–H groups in total. The van der Waals surface area contributed by atoms with Crippen LogP contribution in [0.1, 0.15) is 13.8 Å². The van der Waals surface area contributed by atoms with E-state index in [9.17, 15) is 8.78 Å². The molecule has 2 aromatic rings. The van der Waals surface area contributed by atoms with Gasteiger partial charge < -0.3 is 8.85 Å². The summed E-state index contributed by atoms with van der Waals surface area (Å²) in [6, 6.07) is 10.9. The second kappa shape index (κ2) is 7.45. The normalized spacial score (nSPS) is 11.1. The Kier molecular flexibility index (Phi) is 5.61. The van der Waals surface area contributed by atoms with Crippen LogP contribution in [0.4, 0.5) is 8.78 Å². The van der Waals surface area contributed by atoms with E-state index in [1.54, 1.807) is 12.1 Å². The van der Waals surface area contributed by atoms with E-state index in [-0.39, 0.29) is 0 Å². The highest BCUT2D eigenvalue weighted by atomic mass is 28.3. The highest BCUT2D eigenvalue weighted by Crippen LogP contribution is 2.22. The van der Waals surface area contributed by atoms with Gasteiger partial charge in [0.2, 0.25) is 0 Å². The van der Waals surface area contributed by atoms with Crippen LogP contribution in [0.25, 0.3) is 11.1 Å². The molecule has 1 radical (unpaired) electrons. The molecule has 0 fully saturated rings. The molecule has 5 heteroatoms. The van der Waals surface area contributed by atoms with Crippen LogP contribution in [-0.2, 0) is 8.85 Å². The predicted molar refractivity (Wildman–Crippen MR) is 80.4 cm³/mol. The van der Waals surface area contributed by atoms with Gasteiger partial charge in [-0.25, -0.2) is 8.78 Å². The maximum Gasteiger partial charge on any atom is 0.423 e. The van der Waals surface area contributed by atoms with Gasteiger partial charge >= 0.3 is 9.28 Å². The summed E-state index contributed by atoms with van der Waals surface area (Å²) in [5.41, 5.74) is 1.08. The molecule has 0 spiro atoms. The van der Waals surface area contributed by atoms with Crippen LogP contribution in [-0.4, -0.2) is 22.5 Å². The first-order chi connectivity index (χ1) is 10.2. The minimum absolute atomic E-state index is 0.379. The lowest BCUT2D eigenvalue weighted by molar-refractivity contribution is 0.225. The highest BCUT2D eigenvalue weighted by molar-refractivity contribution is 6.61. The fourth-order valence-corrected chi connectivity index (χ4v) is 3.36. The van der Waals surface area contributed by atoms with Crippen LogP contribution < -0.4 is 5.19 Å². The van der Waals surface area contributed by atoms with Gasteiger partial charge in [-0.1, -0.05) is 24.3 Å². The molecule has 0 saturated heterocycles. The van der Waals surface area contributed by atoms with E-state index in [2.05, 4.69) is 0 Å². The molecule has 0 amide bonds. The van der Waals surface area contributed by atoms with Crippen molar-refractivity contribution in [2.75, 3.05) is 13.2 Å². The largest absolute Gasteiger partial charge is 0.423 e. The second-order valence-electron chi connectivity index (χ2n) is 4.36. The third-order valence-corrected chi connectivity index (χ3v) is 4.82. The summed E-state index contributed by atoms with van der Waals surface area (Å²) in [4.78, 5) is 0. The third-order valence-electron chi connectivity index (χ3n) is 2.91. The molecule has 0 aliphatic carbocycles. The molecule has 2 aromatic carbocycles. The molecule has 2 nitrogen and oxygen atoms in total. The summed E-state index contributed by atoms with van der Waals surface area (Å²) in [6.45, 7) is 5.02. The van der Waals surface area contributed by atoms with Crippen LogP contribution in [0.15, 0.2) is 42.5 Å². The molecular formula is C16H17F2O2Si. The predicted octanol–water partition coefficient (Wildman–Crippen LogP) is 3.40. The van der Waals surface area contributed by atoms with Crippen molar-refractivity contribution in [1.29, 1.82) is 0 Å². The van der Waals surface area contributed by atoms with Gasteiger partial charge in [-0.2, -0.15) is 0 Å². The fourth-order valence-electron chi connectivity index (χ4n) is 1.98. The quantitative estimate of drug-likeness (QED) is 0.762. The van der Waals surface area contributed by atoms with Gasteiger partial charge in [-0.15, -0.1) is 0 Å². The molecule has 0 unspecified atom stereocenters. The van der Waals surface area contributed by atoms with E-state index >= 15 is 0 Å². The van der Waals surface area contributed by atoms with E-state index in [1.807, 2.05) is 26.0 Å². The van der Waals surface area contributed by atoms with Crippen molar-refractivity contribution in [3.05, 3.63) is 54.1 Å². The average molecular weight is 307 g/mol. The first-order valence-electron chi connectivity index (χ1n) is 6.84. The van der Waals surface area contributed by atoms with E-state index < -0.39 is 20.9 Å². The van der Waals surface area contributed by atoms with Crippen molar-refractivity contribution in [3.8, 4) is 11.1 Å². The summed E-state index contributed by atoms with van der Waals surface area (Å²) in [6.07, 6.45) is 0. The first kappa shape index (κ1) is 15.8. The van der Waals surface area contributed by atoms with Gasteiger partial charge in [0.25, 0.3) is 0 Å². The SMILES string of the molecule is CCO[Si](OCC)c1ccc(-c2ccc(F)cc2F)cc1. The van der Waals surface area contributed by atoms with Gasteiger partial charge in [0.15, 0.2) is 0 Å². The van der Waals surface area contributed by atoms with Gasteiger partial charge in [0.1, 0.15) is 11.6 Å². The molecule has 0 saturated carbocycles. The minimum Gasteiger partial charge on any atom is -0.390 e. The van der Waals surface area contributed by atoms with Crippen LogP contribution in [0.2, 0.25) is 0 Å².